The number of rotatable bonds is 4. The van der Waals surface area contributed by atoms with E-state index in [0.717, 1.165) is 17.4 Å². The van der Waals surface area contributed by atoms with Gasteiger partial charge in [-0.3, -0.25) is 0 Å². The highest BCUT2D eigenvalue weighted by molar-refractivity contribution is 6.30. The monoisotopic (exact) mass is 330 g/mol. The molecule has 0 aliphatic rings. The molecule has 0 N–H and O–H groups in total. The number of anilines is 1. The van der Waals surface area contributed by atoms with Crippen LogP contribution in [0, 0.1) is 0 Å². The minimum absolute atomic E-state index is 0.369. The fourth-order valence-electron chi connectivity index (χ4n) is 1.93. The third-order valence-electron chi connectivity index (χ3n) is 3.11. The Morgan fingerprint density at radius 2 is 1.77 bits per heavy atom. The Morgan fingerprint density at radius 1 is 1.14 bits per heavy atom. The number of pyridine rings is 1. The Labute approximate surface area is 131 Å². The average molecular weight is 331 g/mol. The molecule has 2 aromatic rings. The van der Waals surface area contributed by atoms with Gasteiger partial charge in [-0.2, -0.15) is 13.2 Å². The van der Waals surface area contributed by atoms with Gasteiger partial charge in [-0.05, 0) is 29.8 Å². The lowest BCUT2D eigenvalue weighted by molar-refractivity contribution is -0.137. The highest BCUT2D eigenvalue weighted by Crippen LogP contribution is 2.34. The molecule has 0 atom stereocenters. The van der Waals surface area contributed by atoms with Gasteiger partial charge in [0.25, 0.3) is 0 Å². The minimum Gasteiger partial charge on any atom is -0.497 e. The van der Waals surface area contributed by atoms with E-state index >= 15 is 0 Å². The first-order valence-corrected chi connectivity index (χ1v) is 6.77. The van der Waals surface area contributed by atoms with E-state index < -0.39 is 16.9 Å². The van der Waals surface area contributed by atoms with E-state index in [2.05, 4.69) is 4.98 Å². The van der Waals surface area contributed by atoms with Gasteiger partial charge in [0.2, 0.25) is 0 Å². The number of halogens is 4. The number of aromatic nitrogens is 1. The Morgan fingerprint density at radius 3 is 2.27 bits per heavy atom. The number of methoxy groups -OCH3 is 1. The largest absolute Gasteiger partial charge is 0.497 e. The number of hydrogen-bond donors (Lipinski definition) is 0. The standard InChI is InChI=1S/C15H14ClF3N2O/c1-21(9-10-3-5-11(22-2)6-4-10)13-8-7-12(14(16)20-13)15(17,18)19/h3-8H,9H2,1-2H3. The zero-order valence-electron chi connectivity index (χ0n) is 12.0. The molecule has 118 valence electrons. The smallest absolute Gasteiger partial charge is 0.419 e. The fourth-order valence-corrected chi connectivity index (χ4v) is 2.19. The first kappa shape index (κ1) is 16.4. The molecule has 0 saturated heterocycles. The Hall–Kier alpha value is -1.95. The van der Waals surface area contributed by atoms with Crippen LogP contribution in [0.3, 0.4) is 0 Å². The van der Waals surface area contributed by atoms with Crippen LogP contribution in [-0.4, -0.2) is 19.1 Å². The molecule has 1 heterocycles. The van der Waals surface area contributed by atoms with Crippen molar-refractivity contribution < 1.29 is 17.9 Å². The summed E-state index contributed by atoms with van der Waals surface area (Å²) in [6.07, 6.45) is -4.50. The van der Waals surface area contributed by atoms with Crippen molar-refractivity contribution in [2.24, 2.45) is 0 Å². The van der Waals surface area contributed by atoms with Crippen molar-refractivity contribution in [1.29, 1.82) is 0 Å². The van der Waals surface area contributed by atoms with Crippen molar-refractivity contribution in [3.63, 3.8) is 0 Å². The zero-order valence-corrected chi connectivity index (χ0v) is 12.7. The summed E-state index contributed by atoms with van der Waals surface area (Å²) in [5.74, 6) is 1.11. The predicted molar refractivity (Wildman–Crippen MR) is 79.4 cm³/mol. The van der Waals surface area contributed by atoms with E-state index in [1.54, 1.807) is 19.1 Å². The first-order chi connectivity index (χ1) is 10.3. The predicted octanol–water partition coefficient (Wildman–Crippen LogP) is 4.40. The van der Waals surface area contributed by atoms with Gasteiger partial charge < -0.3 is 9.64 Å². The molecule has 1 aromatic carbocycles. The van der Waals surface area contributed by atoms with Crippen molar-refractivity contribution in [3.8, 4) is 5.75 Å². The Bertz CT molecular complexity index is 644. The van der Waals surface area contributed by atoms with Gasteiger partial charge in [-0.15, -0.1) is 0 Å². The number of alkyl halides is 3. The maximum atomic E-state index is 12.6. The molecule has 0 spiro atoms. The number of hydrogen-bond acceptors (Lipinski definition) is 3. The number of nitrogens with zero attached hydrogens (tertiary/aromatic N) is 2. The molecule has 0 amide bonds. The summed E-state index contributed by atoms with van der Waals surface area (Å²) in [7, 11) is 3.31. The molecule has 2 rings (SSSR count). The quantitative estimate of drug-likeness (QED) is 0.777. The van der Waals surface area contributed by atoms with Gasteiger partial charge in [0.05, 0.1) is 12.7 Å². The van der Waals surface area contributed by atoms with Crippen molar-refractivity contribution in [3.05, 3.63) is 52.7 Å². The maximum absolute atomic E-state index is 12.6. The van der Waals surface area contributed by atoms with Crippen LogP contribution in [0.4, 0.5) is 19.0 Å². The van der Waals surface area contributed by atoms with Crippen LogP contribution in [0.1, 0.15) is 11.1 Å². The molecule has 0 saturated carbocycles. The van der Waals surface area contributed by atoms with Crippen LogP contribution in [-0.2, 0) is 12.7 Å². The average Bonchev–Trinajstić information content (AvgIpc) is 2.46. The summed E-state index contributed by atoms with van der Waals surface area (Å²) in [5, 5.41) is -0.549. The normalized spacial score (nSPS) is 11.4. The van der Waals surface area contributed by atoms with Gasteiger partial charge in [0.1, 0.15) is 16.7 Å². The van der Waals surface area contributed by atoms with Gasteiger partial charge in [-0.25, -0.2) is 4.98 Å². The topological polar surface area (TPSA) is 25.4 Å². The molecule has 7 heteroatoms. The third-order valence-corrected chi connectivity index (χ3v) is 3.40. The van der Waals surface area contributed by atoms with Gasteiger partial charge in [-0.1, -0.05) is 23.7 Å². The van der Waals surface area contributed by atoms with E-state index in [0.29, 0.717) is 12.4 Å². The molecular formula is C15H14ClF3N2O. The van der Waals surface area contributed by atoms with Crippen molar-refractivity contribution in [1.82, 2.24) is 4.98 Å². The summed E-state index contributed by atoms with van der Waals surface area (Å²) in [4.78, 5) is 5.53. The van der Waals surface area contributed by atoms with Crippen LogP contribution in [0.15, 0.2) is 36.4 Å². The SMILES string of the molecule is COc1ccc(CN(C)c2ccc(C(F)(F)F)c(Cl)n2)cc1. The summed E-state index contributed by atoms with van der Waals surface area (Å²) in [5.41, 5.74) is 0.0388. The molecule has 0 fully saturated rings. The molecule has 22 heavy (non-hydrogen) atoms. The lowest BCUT2D eigenvalue weighted by atomic mass is 10.2. The lowest BCUT2D eigenvalue weighted by Crippen LogP contribution is -2.18. The Kier molecular flexibility index (Phi) is 4.81. The molecule has 0 aliphatic heterocycles. The van der Waals surface area contributed by atoms with E-state index in [1.165, 1.54) is 6.07 Å². The highest BCUT2D eigenvalue weighted by Gasteiger charge is 2.34. The zero-order chi connectivity index (χ0) is 16.3. The van der Waals surface area contributed by atoms with Crippen LogP contribution in [0.25, 0.3) is 0 Å². The second-order valence-corrected chi connectivity index (χ2v) is 5.07. The van der Waals surface area contributed by atoms with Crippen LogP contribution in [0.2, 0.25) is 5.15 Å². The van der Waals surface area contributed by atoms with E-state index in [1.807, 2.05) is 24.3 Å². The lowest BCUT2D eigenvalue weighted by Gasteiger charge is -2.19. The summed E-state index contributed by atoms with van der Waals surface area (Å²) >= 11 is 5.63. The maximum Gasteiger partial charge on any atom is 0.419 e. The number of ether oxygens (including phenoxy) is 1. The summed E-state index contributed by atoms with van der Waals surface area (Å²) < 4.78 is 43.0. The van der Waals surface area contributed by atoms with Crippen LogP contribution < -0.4 is 9.64 Å². The molecule has 0 bridgehead atoms. The highest BCUT2D eigenvalue weighted by atomic mass is 35.5. The molecule has 0 unspecified atom stereocenters. The van der Waals surface area contributed by atoms with Crippen LogP contribution in [0.5, 0.6) is 5.75 Å². The van der Waals surface area contributed by atoms with Crippen molar-refractivity contribution >= 4 is 17.4 Å². The summed E-state index contributed by atoms with van der Waals surface area (Å²) in [6.45, 7) is 0.485. The van der Waals surface area contributed by atoms with Gasteiger partial charge in [0, 0.05) is 13.6 Å². The molecular weight excluding hydrogens is 317 g/mol. The number of benzene rings is 1. The van der Waals surface area contributed by atoms with E-state index in [4.69, 9.17) is 16.3 Å². The molecule has 1 aromatic heterocycles. The Balaban J connectivity index is 2.15. The molecule has 0 radical (unpaired) electrons. The minimum atomic E-state index is -4.50. The second kappa shape index (κ2) is 6.44. The van der Waals surface area contributed by atoms with Gasteiger partial charge >= 0.3 is 6.18 Å². The third kappa shape index (κ3) is 3.82. The summed E-state index contributed by atoms with van der Waals surface area (Å²) in [6, 6.07) is 9.63. The van der Waals surface area contributed by atoms with Crippen LogP contribution >= 0.6 is 11.6 Å². The molecule has 3 nitrogen and oxygen atoms in total. The van der Waals surface area contributed by atoms with Crippen molar-refractivity contribution in [2.75, 3.05) is 19.1 Å². The van der Waals surface area contributed by atoms with E-state index in [9.17, 15) is 13.2 Å². The molecule has 0 aliphatic carbocycles. The van der Waals surface area contributed by atoms with E-state index in [-0.39, 0.29) is 0 Å². The van der Waals surface area contributed by atoms with Crippen molar-refractivity contribution in [2.45, 2.75) is 12.7 Å². The fraction of sp³-hybridized carbons (Fsp3) is 0.267. The second-order valence-electron chi connectivity index (χ2n) is 4.71. The van der Waals surface area contributed by atoms with Gasteiger partial charge in [0.15, 0.2) is 0 Å². The first-order valence-electron chi connectivity index (χ1n) is 6.39.